The smallest absolute Gasteiger partial charge is 0.311 e. The monoisotopic (exact) mass is 394 g/mol. The largest absolute Gasteiger partial charge is 0.322 e. The van der Waals surface area contributed by atoms with Gasteiger partial charge in [-0.05, 0) is 30.2 Å². The molecule has 2 atom stereocenters. The van der Waals surface area contributed by atoms with E-state index in [4.69, 9.17) is 0 Å². The standard InChI is InChI=1S/C23H23FN2OS/c1-17(18-11-5-3-6-12-18)28-22(19-13-7-4-8-14-19)26(2)23(27)25-21-16-10-9-15-20(21)24/h3-17,22H,1-2H3,(H,25,27). The van der Waals surface area contributed by atoms with Crippen LogP contribution in [0.2, 0.25) is 0 Å². The molecule has 0 spiro atoms. The van der Waals surface area contributed by atoms with Gasteiger partial charge in [-0.25, -0.2) is 9.18 Å². The molecular weight excluding hydrogens is 371 g/mol. The molecule has 2 amide bonds. The molecule has 0 fully saturated rings. The van der Waals surface area contributed by atoms with E-state index in [1.165, 1.54) is 11.6 Å². The van der Waals surface area contributed by atoms with E-state index in [1.54, 1.807) is 41.9 Å². The van der Waals surface area contributed by atoms with Crippen molar-refractivity contribution in [3.05, 3.63) is 102 Å². The number of halogens is 1. The van der Waals surface area contributed by atoms with Crippen molar-refractivity contribution < 1.29 is 9.18 Å². The van der Waals surface area contributed by atoms with Gasteiger partial charge in [-0.15, -0.1) is 11.8 Å². The van der Waals surface area contributed by atoms with Gasteiger partial charge in [-0.1, -0.05) is 72.8 Å². The molecule has 3 aromatic rings. The lowest BCUT2D eigenvalue weighted by Gasteiger charge is -2.30. The van der Waals surface area contributed by atoms with Crippen molar-refractivity contribution in [2.75, 3.05) is 12.4 Å². The number of para-hydroxylation sites is 1. The Hall–Kier alpha value is -2.79. The number of benzene rings is 3. The highest BCUT2D eigenvalue weighted by Gasteiger charge is 2.25. The van der Waals surface area contributed by atoms with E-state index in [2.05, 4.69) is 24.4 Å². The minimum atomic E-state index is -0.453. The third-order valence-electron chi connectivity index (χ3n) is 4.47. The van der Waals surface area contributed by atoms with Crippen molar-refractivity contribution in [3.63, 3.8) is 0 Å². The van der Waals surface area contributed by atoms with Crippen LogP contribution in [0.4, 0.5) is 14.9 Å². The van der Waals surface area contributed by atoms with Crippen molar-refractivity contribution >= 4 is 23.5 Å². The molecule has 3 nitrogen and oxygen atoms in total. The topological polar surface area (TPSA) is 32.3 Å². The molecule has 3 rings (SSSR count). The normalized spacial score (nSPS) is 12.8. The van der Waals surface area contributed by atoms with E-state index < -0.39 is 5.82 Å². The number of anilines is 1. The Labute approximate surface area is 169 Å². The number of rotatable bonds is 6. The second-order valence-electron chi connectivity index (χ2n) is 6.47. The van der Waals surface area contributed by atoms with Crippen molar-refractivity contribution in [2.45, 2.75) is 17.5 Å². The highest BCUT2D eigenvalue weighted by atomic mass is 32.2. The molecule has 144 valence electrons. The van der Waals surface area contributed by atoms with Gasteiger partial charge in [0.05, 0.1) is 5.69 Å². The number of carbonyl (C=O) groups excluding carboxylic acids is 1. The fraction of sp³-hybridized carbons (Fsp3) is 0.174. The van der Waals surface area contributed by atoms with Crippen molar-refractivity contribution in [1.82, 2.24) is 4.90 Å². The highest BCUT2D eigenvalue weighted by molar-refractivity contribution is 7.99. The van der Waals surface area contributed by atoms with Crippen LogP contribution in [0.5, 0.6) is 0 Å². The van der Waals surface area contributed by atoms with E-state index in [0.29, 0.717) is 0 Å². The first-order chi connectivity index (χ1) is 13.6. The van der Waals surface area contributed by atoms with Gasteiger partial charge in [0, 0.05) is 12.3 Å². The number of thioether (sulfide) groups is 1. The Bertz CT molecular complexity index is 905. The summed E-state index contributed by atoms with van der Waals surface area (Å²) in [4.78, 5) is 14.4. The molecule has 1 N–H and O–H groups in total. The number of hydrogen-bond donors (Lipinski definition) is 1. The summed E-state index contributed by atoms with van der Waals surface area (Å²) in [6.45, 7) is 2.12. The van der Waals surface area contributed by atoms with Crippen LogP contribution in [0, 0.1) is 5.82 Å². The Kier molecular flexibility index (Phi) is 6.71. The second-order valence-corrected chi connectivity index (χ2v) is 7.90. The zero-order valence-corrected chi connectivity index (χ0v) is 16.7. The average Bonchev–Trinajstić information content (AvgIpc) is 2.74. The lowest BCUT2D eigenvalue weighted by atomic mass is 10.2. The zero-order chi connectivity index (χ0) is 19.9. The first-order valence-corrected chi connectivity index (χ1v) is 10.0. The van der Waals surface area contributed by atoms with Crippen molar-refractivity contribution in [2.24, 2.45) is 0 Å². The Morgan fingerprint density at radius 2 is 1.43 bits per heavy atom. The van der Waals surface area contributed by atoms with E-state index >= 15 is 0 Å². The van der Waals surface area contributed by atoms with Gasteiger partial charge in [-0.3, -0.25) is 0 Å². The molecule has 5 heteroatoms. The van der Waals surface area contributed by atoms with Crippen LogP contribution in [0.15, 0.2) is 84.9 Å². The van der Waals surface area contributed by atoms with E-state index in [9.17, 15) is 9.18 Å². The Morgan fingerprint density at radius 1 is 0.893 bits per heavy atom. The van der Waals surface area contributed by atoms with E-state index in [0.717, 1.165) is 5.56 Å². The van der Waals surface area contributed by atoms with Gasteiger partial charge in [0.25, 0.3) is 0 Å². The number of carbonyl (C=O) groups is 1. The number of amides is 2. The molecule has 0 saturated carbocycles. The number of hydrogen-bond acceptors (Lipinski definition) is 2. The van der Waals surface area contributed by atoms with Gasteiger partial charge >= 0.3 is 6.03 Å². The summed E-state index contributed by atoms with van der Waals surface area (Å²) < 4.78 is 13.9. The first kappa shape index (κ1) is 20.0. The summed E-state index contributed by atoms with van der Waals surface area (Å²) in [5.41, 5.74) is 2.38. The quantitative estimate of drug-likeness (QED) is 0.485. The predicted octanol–water partition coefficient (Wildman–Crippen LogP) is 6.48. The summed E-state index contributed by atoms with van der Waals surface area (Å²) in [5, 5.41) is 2.63. The molecule has 0 bridgehead atoms. The minimum absolute atomic E-state index is 0.173. The molecule has 0 aliphatic carbocycles. The molecule has 0 radical (unpaired) electrons. The van der Waals surface area contributed by atoms with Crippen LogP contribution in [-0.2, 0) is 0 Å². The fourth-order valence-electron chi connectivity index (χ4n) is 2.88. The molecule has 2 unspecified atom stereocenters. The van der Waals surface area contributed by atoms with Crippen LogP contribution in [0.3, 0.4) is 0 Å². The van der Waals surface area contributed by atoms with Gasteiger partial charge in [-0.2, -0.15) is 0 Å². The molecule has 28 heavy (non-hydrogen) atoms. The molecule has 0 aliphatic heterocycles. The number of urea groups is 1. The lowest BCUT2D eigenvalue weighted by Crippen LogP contribution is -2.34. The van der Waals surface area contributed by atoms with Crippen LogP contribution < -0.4 is 5.32 Å². The second kappa shape index (κ2) is 9.42. The maximum absolute atomic E-state index is 13.9. The molecule has 0 aromatic heterocycles. The summed E-state index contributed by atoms with van der Waals surface area (Å²) in [6, 6.07) is 25.9. The van der Waals surface area contributed by atoms with Gasteiger partial charge in [0.2, 0.25) is 0 Å². The van der Waals surface area contributed by atoms with Gasteiger partial charge in [0.15, 0.2) is 0 Å². The maximum Gasteiger partial charge on any atom is 0.322 e. The van der Waals surface area contributed by atoms with Crippen LogP contribution in [0.25, 0.3) is 0 Å². The molecule has 3 aromatic carbocycles. The first-order valence-electron chi connectivity index (χ1n) is 9.10. The number of nitrogens with zero attached hydrogens (tertiary/aromatic N) is 1. The summed E-state index contributed by atoms with van der Waals surface area (Å²) in [7, 11) is 1.73. The summed E-state index contributed by atoms with van der Waals surface area (Å²) in [6.07, 6.45) is 0. The van der Waals surface area contributed by atoms with Crippen molar-refractivity contribution in [3.8, 4) is 0 Å². The SMILES string of the molecule is CC(SC(c1ccccc1)N(C)C(=O)Nc1ccccc1F)c1ccccc1. The number of nitrogens with one attached hydrogen (secondary N) is 1. The van der Waals surface area contributed by atoms with Crippen molar-refractivity contribution in [1.29, 1.82) is 0 Å². The fourth-order valence-corrected chi connectivity index (χ4v) is 4.17. The highest BCUT2D eigenvalue weighted by Crippen LogP contribution is 2.41. The summed E-state index contributed by atoms with van der Waals surface area (Å²) >= 11 is 1.67. The molecule has 0 saturated heterocycles. The third kappa shape index (κ3) is 4.93. The molecular formula is C23H23FN2OS. The zero-order valence-electron chi connectivity index (χ0n) is 15.9. The van der Waals surface area contributed by atoms with E-state index in [1.807, 2.05) is 48.5 Å². The van der Waals surface area contributed by atoms with Crippen LogP contribution >= 0.6 is 11.8 Å². The Balaban J connectivity index is 1.82. The van der Waals surface area contributed by atoms with Gasteiger partial charge in [0.1, 0.15) is 11.2 Å². The average molecular weight is 395 g/mol. The summed E-state index contributed by atoms with van der Waals surface area (Å²) in [5.74, 6) is -0.453. The molecule has 0 aliphatic rings. The molecule has 0 heterocycles. The van der Waals surface area contributed by atoms with E-state index in [-0.39, 0.29) is 22.3 Å². The minimum Gasteiger partial charge on any atom is -0.311 e. The van der Waals surface area contributed by atoms with Crippen LogP contribution in [0.1, 0.15) is 28.7 Å². The lowest BCUT2D eigenvalue weighted by molar-refractivity contribution is 0.219. The Morgan fingerprint density at radius 3 is 2.04 bits per heavy atom. The maximum atomic E-state index is 13.9. The van der Waals surface area contributed by atoms with Crippen LogP contribution in [-0.4, -0.2) is 18.0 Å². The van der Waals surface area contributed by atoms with Gasteiger partial charge < -0.3 is 10.2 Å². The third-order valence-corrected chi connectivity index (χ3v) is 6.00. The predicted molar refractivity (Wildman–Crippen MR) is 115 cm³/mol.